The number of rotatable bonds is 3. The van der Waals surface area contributed by atoms with Crippen molar-refractivity contribution in [2.24, 2.45) is 0 Å². The van der Waals surface area contributed by atoms with Gasteiger partial charge in [-0.3, -0.25) is 4.79 Å². The molecule has 92 valence electrons. The largest absolute Gasteiger partial charge is 0.494 e. The van der Waals surface area contributed by atoms with Crippen molar-refractivity contribution >= 4 is 5.78 Å². The average molecular weight is 244 g/mol. The number of ketones is 1. The Morgan fingerprint density at radius 3 is 2.50 bits per heavy atom. The van der Waals surface area contributed by atoms with Crippen molar-refractivity contribution in [1.29, 1.82) is 0 Å². The molecule has 0 unspecified atom stereocenters. The molecule has 2 nitrogen and oxygen atoms in total. The summed E-state index contributed by atoms with van der Waals surface area (Å²) < 4.78 is 18.1. The fraction of sp³-hybridized carbons (Fsp3) is 0.133. The fourth-order valence-corrected chi connectivity index (χ4v) is 1.75. The van der Waals surface area contributed by atoms with Crippen LogP contribution in [0.15, 0.2) is 42.5 Å². The number of hydrogen-bond donors (Lipinski definition) is 0. The van der Waals surface area contributed by atoms with Gasteiger partial charge in [0.2, 0.25) is 0 Å². The lowest BCUT2D eigenvalue weighted by atomic mass is 10.0. The van der Waals surface area contributed by atoms with Crippen LogP contribution in [0.3, 0.4) is 0 Å². The van der Waals surface area contributed by atoms with Gasteiger partial charge in [0.1, 0.15) is 0 Å². The number of carbonyl (C=O) groups is 1. The molecule has 0 aliphatic heterocycles. The molecule has 0 N–H and O–H groups in total. The molecule has 0 saturated heterocycles. The van der Waals surface area contributed by atoms with E-state index < -0.39 is 5.82 Å². The van der Waals surface area contributed by atoms with E-state index in [1.807, 2.05) is 19.1 Å². The maximum atomic E-state index is 13.3. The van der Waals surface area contributed by atoms with Gasteiger partial charge in [0.05, 0.1) is 7.11 Å². The van der Waals surface area contributed by atoms with E-state index in [0.717, 1.165) is 5.56 Å². The maximum Gasteiger partial charge on any atom is 0.193 e. The first-order chi connectivity index (χ1) is 8.61. The summed E-state index contributed by atoms with van der Waals surface area (Å²) in [4.78, 5) is 12.2. The van der Waals surface area contributed by atoms with Crippen molar-refractivity contribution < 1.29 is 13.9 Å². The van der Waals surface area contributed by atoms with E-state index in [4.69, 9.17) is 4.74 Å². The highest BCUT2D eigenvalue weighted by Gasteiger charge is 2.12. The van der Waals surface area contributed by atoms with Gasteiger partial charge in [0, 0.05) is 11.1 Å². The van der Waals surface area contributed by atoms with Crippen molar-refractivity contribution in [2.45, 2.75) is 6.92 Å². The van der Waals surface area contributed by atoms with Crippen LogP contribution >= 0.6 is 0 Å². The summed E-state index contributed by atoms with van der Waals surface area (Å²) >= 11 is 0. The Morgan fingerprint density at radius 1 is 1.11 bits per heavy atom. The van der Waals surface area contributed by atoms with Crippen molar-refractivity contribution in [3.05, 3.63) is 65.0 Å². The van der Waals surface area contributed by atoms with E-state index in [1.165, 1.54) is 25.3 Å². The van der Waals surface area contributed by atoms with E-state index in [0.29, 0.717) is 11.1 Å². The third-order valence-corrected chi connectivity index (χ3v) is 2.69. The van der Waals surface area contributed by atoms with E-state index in [2.05, 4.69) is 0 Å². The highest BCUT2D eigenvalue weighted by molar-refractivity contribution is 6.09. The summed E-state index contributed by atoms with van der Waals surface area (Å²) in [6.45, 7) is 1.92. The van der Waals surface area contributed by atoms with Crippen LogP contribution in [-0.4, -0.2) is 12.9 Å². The minimum Gasteiger partial charge on any atom is -0.494 e. The Hall–Kier alpha value is -2.16. The van der Waals surface area contributed by atoms with Crippen LogP contribution in [0.4, 0.5) is 4.39 Å². The van der Waals surface area contributed by atoms with Crippen LogP contribution in [-0.2, 0) is 0 Å². The molecule has 18 heavy (non-hydrogen) atoms. The first kappa shape index (κ1) is 12.3. The summed E-state index contributed by atoms with van der Waals surface area (Å²) in [6.07, 6.45) is 0. The molecule has 0 aromatic heterocycles. The summed E-state index contributed by atoms with van der Waals surface area (Å²) in [5.41, 5.74) is 2.01. The number of hydrogen-bond acceptors (Lipinski definition) is 2. The second-order valence-electron chi connectivity index (χ2n) is 4.05. The Morgan fingerprint density at radius 2 is 1.83 bits per heavy atom. The molecular weight excluding hydrogens is 231 g/mol. The lowest BCUT2D eigenvalue weighted by molar-refractivity contribution is 0.103. The van der Waals surface area contributed by atoms with Crippen LogP contribution in [0.5, 0.6) is 5.75 Å². The highest BCUT2D eigenvalue weighted by atomic mass is 19.1. The first-order valence-corrected chi connectivity index (χ1v) is 5.56. The zero-order chi connectivity index (χ0) is 13.1. The second kappa shape index (κ2) is 5.00. The number of carbonyl (C=O) groups excluding carboxylic acids is 1. The molecule has 0 amide bonds. The highest BCUT2D eigenvalue weighted by Crippen LogP contribution is 2.20. The summed E-state index contributed by atoms with van der Waals surface area (Å²) in [5, 5.41) is 0. The average Bonchev–Trinajstić information content (AvgIpc) is 2.38. The first-order valence-electron chi connectivity index (χ1n) is 5.56. The van der Waals surface area contributed by atoms with Gasteiger partial charge < -0.3 is 4.74 Å². The standard InChI is InChI=1S/C15H13FO2/c1-10-4-3-5-11(8-10)15(17)12-6-7-13(16)14(9-12)18-2/h3-9H,1-2H3. The molecule has 3 heteroatoms. The van der Waals surface area contributed by atoms with Crippen LogP contribution in [0.25, 0.3) is 0 Å². The fourth-order valence-electron chi connectivity index (χ4n) is 1.75. The van der Waals surface area contributed by atoms with Gasteiger partial charge in [-0.2, -0.15) is 0 Å². The summed E-state index contributed by atoms with van der Waals surface area (Å²) in [5.74, 6) is -0.538. The van der Waals surface area contributed by atoms with Crippen LogP contribution in [0, 0.1) is 12.7 Å². The Balaban J connectivity index is 2.40. The smallest absolute Gasteiger partial charge is 0.193 e. The maximum absolute atomic E-state index is 13.3. The monoisotopic (exact) mass is 244 g/mol. The third kappa shape index (κ3) is 2.40. The van der Waals surface area contributed by atoms with Crippen molar-refractivity contribution in [1.82, 2.24) is 0 Å². The Labute approximate surface area is 105 Å². The van der Waals surface area contributed by atoms with E-state index in [-0.39, 0.29) is 11.5 Å². The Bertz CT molecular complexity index is 591. The topological polar surface area (TPSA) is 26.3 Å². The zero-order valence-electron chi connectivity index (χ0n) is 10.2. The molecule has 2 rings (SSSR count). The number of methoxy groups -OCH3 is 1. The van der Waals surface area contributed by atoms with Crippen LogP contribution in [0.2, 0.25) is 0 Å². The lowest BCUT2D eigenvalue weighted by Gasteiger charge is -2.05. The van der Waals surface area contributed by atoms with Gasteiger partial charge in [0.15, 0.2) is 17.3 Å². The number of ether oxygens (including phenoxy) is 1. The molecule has 0 saturated carbocycles. The minimum atomic E-state index is -0.474. The van der Waals surface area contributed by atoms with Crippen LogP contribution in [0.1, 0.15) is 21.5 Å². The summed E-state index contributed by atoms with van der Waals surface area (Å²) in [6, 6.07) is 11.4. The number of halogens is 1. The molecule has 0 radical (unpaired) electrons. The predicted octanol–water partition coefficient (Wildman–Crippen LogP) is 3.37. The van der Waals surface area contributed by atoms with Gasteiger partial charge >= 0.3 is 0 Å². The third-order valence-electron chi connectivity index (χ3n) is 2.69. The lowest BCUT2D eigenvalue weighted by Crippen LogP contribution is -2.02. The second-order valence-corrected chi connectivity index (χ2v) is 4.05. The van der Waals surface area contributed by atoms with Gasteiger partial charge in [0.25, 0.3) is 0 Å². The summed E-state index contributed by atoms with van der Waals surface area (Å²) in [7, 11) is 1.37. The van der Waals surface area contributed by atoms with Crippen LogP contribution < -0.4 is 4.74 Å². The van der Waals surface area contributed by atoms with Gasteiger partial charge in [-0.1, -0.05) is 23.8 Å². The Kier molecular flexibility index (Phi) is 3.42. The van der Waals surface area contributed by atoms with Crippen molar-refractivity contribution in [3.8, 4) is 5.75 Å². The predicted molar refractivity (Wildman–Crippen MR) is 67.6 cm³/mol. The molecular formula is C15H13FO2. The molecule has 0 fully saturated rings. The van der Waals surface area contributed by atoms with E-state index >= 15 is 0 Å². The van der Waals surface area contributed by atoms with Crippen molar-refractivity contribution in [3.63, 3.8) is 0 Å². The normalized spacial score (nSPS) is 10.2. The number of benzene rings is 2. The molecule has 0 heterocycles. The van der Waals surface area contributed by atoms with Gasteiger partial charge in [-0.15, -0.1) is 0 Å². The zero-order valence-corrected chi connectivity index (χ0v) is 10.2. The molecule has 2 aromatic carbocycles. The van der Waals surface area contributed by atoms with Gasteiger partial charge in [-0.05, 0) is 31.2 Å². The van der Waals surface area contributed by atoms with Crippen molar-refractivity contribution in [2.75, 3.05) is 7.11 Å². The van der Waals surface area contributed by atoms with E-state index in [9.17, 15) is 9.18 Å². The number of aryl methyl sites for hydroxylation is 1. The molecule has 2 aromatic rings. The molecule has 0 atom stereocenters. The minimum absolute atomic E-state index is 0.0773. The molecule has 0 bridgehead atoms. The van der Waals surface area contributed by atoms with E-state index in [1.54, 1.807) is 12.1 Å². The SMILES string of the molecule is COc1cc(C(=O)c2cccc(C)c2)ccc1F. The molecule has 0 aliphatic rings. The quantitative estimate of drug-likeness (QED) is 0.774. The molecule has 0 spiro atoms. The molecule has 0 aliphatic carbocycles. The van der Waals surface area contributed by atoms with Gasteiger partial charge in [-0.25, -0.2) is 4.39 Å².